The fourth-order valence-electron chi connectivity index (χ4n) is 6.80. The molecule has 0 aliphatic heterocycles. The van der Waals surface area contributed by atoms with Gasteiger partial charge in [-0.15, -0.1) is 0 Å². The van der Waals surface area contributed by atoms with Gasteiger partial charge in [0.25, 0.3) is 0 Å². The van der Waals surface area contributed by atoms with E-state index in [1.54, 1.807) is 0 Å². The minimum absolute atomic E-state index is 0.0258. The second-order valence-electron chi connectivity index (χ2n) is 16.3. The van der Waals surface area contributed by atoms with Crippen LogP contribution in [-0.4, -0.2) is 114 Å². The van der Waals surface area contributed by atoms with Crippen molar-refractivity contribution in [3.63, 3.8) is 0 Å². The topological polar surface area (TPSA) is 276 Å². The number of esters is 2. The summed E-state index contributed by atoms with van der Waals surface area (Å²) < 4.78 is 49.2. The van der Waals surface area contributed by atoms with Crippen LogP contribution in [0.25, 0.3) is 0 Å². The molecule has 372 valence electrons. The van der Waals surface area contributed by atoms with Gasteiger partial charge in [-0.05, 0) is 44.9 Å². The Bertz CT molecular complexity index is 1450. The van der Waals surface area contributed by atoms with Crippen LogP contribution in [-0.2, 0) is 41.8 Å². The zero-order valence-electron chi connectivity index (χ0n) is 38.1. The van der Waals surface area contributed by atoms with Gasteiger partial charge in [0, 0.05) is 12.8 Å². The van der Waals surface area contributed by atoms with E-state index in [0.29, 0.717) is 19.3 Å². The largest absolute Gasteiger partial charge is 0.472 e. The normalized spacial score (nSPS) is 22.7. The second kappa shape index (κ2) is 36.0. The summed E-state index contributed by atoms with van der Waals surface area (Å²) in [6.07, 6.45) is 21.3. The van der Waals surface area contributed by atoms with Crippen LogP contribution in [0.1, 0.15) is 162 Å². The molecule has 1 aliphatic rings. The van der Waals surface area contributed by atoms with E-state index in [1.165, 1.54) is 51.4 Å². The molecule has 1 saturated carbocycles. The number of allylic oxidation sites excluding steroid dienone is 7. The lowest BCUT2D eigenvalue weighted by Crippen LogP contribution is -2.64. The average Bonchev–Trinajstić information content (AvgIpc) is 3.24. The number of aliphatic hydroxyl groups is 5. The van der Waals surface area contributed by atoms with Gasteiger partial charge < -0.3 is 49.7 Å². The van der Waals surface area contributed by atoms with Crippen molar-refractivity contribution >= 4 is 27.6 Å². The fourth-order valence-corrected chi connectivity index (χ4v) is 8.34. The number of carbonyl (C=O) groups excluding carboxylic acids is 2. The van der Waals surface area contributed by atoms with Crippen LogP contribution >= 0.6 is 15.6 Å². The first-order chi connectivity index (χ1) is 30.5. The van der Waals surface area contributed by atoms with E-state index < -0.39 is 83.5 Å². The Morgan fingerprint density at radius 2 is 1.05 bits per heavy atom. The number of hydrogen-bond donors (Lipinski definition) is 8. The van der Waals surface area contributed by atoms with E-state index >= 15 is 0 Å². The first-order valence-electron chi connectivity index (χ1n) is 23.3. The number of ether oxygens (including phenoxy) is 2. The average molecular weight is 955 g/mol. The molecule has 0 heterocycles. The summed E-state index contributed by atoms with van der Waals surface area (Å²) in [6.45, 7) is 2.89. The Morgan fingerprint density at radius 3 is 1.59 bits per heavy atom. The van der Waals surface area contributed by atoms with E-state index in [9.17, 15) is 49.1 Å². The van der Waals surface area contributed by atoms with Gasteiger partial charge in [-0.25, -0.2) is 9.13 Å². The minimum atomic E-state index is -5.37. The van der Waals surface area contributed by atoms with Crippen molar-refractivity contribution in [2.24, 2.45) is 0 Å². The van der Waals surface area contributed by atoms with Crippen molar-refractivity contribution in [3.05, 3.63) is 48.6 Å². The highest BCUT2D eigenvalue weighted by atomic mass is 31.2. The number of aliphatic hydroxyl groups excluding tert-OH is 5. The van der Waals surface area contributed by atoms with Crippen LogP contribution in [0.15, 0.2) is 48.6 Å². The summed E-state index contributed by atoms with van der Waals surface area (Å²) in [5.74, 6) is -1.29. The van der Waals surface area contributed by atoms with Crippen LogP contribution in [0.2, 0.25) is 0 Å². The molecule has 0 aromatic carbocycles. The standard InChI is InChI=1S/C45H80O17P2/c1-3-5-7-8-9-10-11-12-17-20-23-26-29-33-39(48)60-37(35-59-64(56,57)62-45-42(51)40(49)41(50)44(43(45)52)61-63(53,54)55)34-58-38(47)32-28-25-22-19-16-14-13-15-18-21-24-27-31-36(46)30-6-4-2/h13-14,18-19,21-22,27,31,36-37,40-46,49-52H,3-12,15-17,20,23-26,28-30,32-35H2,1-2H3,(H,56,57)(H2,53,54,55)/b14-13-,21-18-,22-19-,31-27-/t36-,37+,40?,41?,42?,43?,44+,45-/m0/s1. The van der Waals surface area contributed by atoms with Gasteiger partial charge in [0.15, 0.2) is 6.10 Å². The number of phosphoric ester groups is 2. The van der Waals surface area contributed by atoms with Gasteiger partial charge in [-0.3, -0.25) is 23.2 Å². The van der Waals surface area contributed by atoms with Crippen molar-refractivity contribution in [1.82, 2.24) is 0 Å². The number of rotatable bonds is 38. The molecule has 0 saturated heterocycles. The first kappa shape index (κ1) is 59.9. The molecule has 64 heavy (non-hydrogen) atoms. The Labute approximate surface area is 380 Å². The lowest BCUT2D eigenvalue weighted by Gasteiger charge is -2.43. The molecule has 1 fully saturated rings. The fraction of sp³-hybridized carbons (Fsp3) is 0.778. The summed E-state index contributed by atoms with van der Waals surface area (Å²) in [5, 5.41) is 51.0. The molecule has 0 spiro atoms. The minimum Gasteiger partial charge on any atom is -0.462 e. The molecule has 1 aliphatic carbocycles. The molecule has 5 unspecified atom stereocenters. The lowest BCUT2D eigenvalue weighted by atomic mass is 9.85. The smallest absolute Gasteiger partial charge is 0.462 e. The highest BCUT2D eigenvalue weighted by molar-refractivity contribution is 7.47. The van der Waals surface area contributed by atoms with E-state index in [0.717, 1.165) is 64.2 Å². The summed E-state index contributed by atoms with van der Waals surface area (Å²) in [7, 11) is -10.7. The molecule has 8 N–H and O–H groups in total. The molecule has 17 nitrogen and oxygen atoms in total. The van der Waals surface area contributed by atoms with Crippen LogP contribution < -0.4 is 0 Å². The molecule has 0 radical (unpaired) electrons. The van der Waals surface area contributed by atoms with Crippen molar-refractivity contribution < 1.29 is 82.0 Å². The molecular weight excluding hydrogens is 874 g/mol. The van der Waals surface area contributed by atoms with Gasteiger partial charge in [0.1, 0.15) is 43.2 Å². The third-order valence-corrected chi connectivity index (χ3v) is 12.0. The Morgan fingerprint density at radius 1 is 0.562 bits per heavy atom. The molecular formula is C45H80O17P2. The van der Waals surface area contributed by atoms with Crippen LogP contribution in [0.5, 0.6) is 0 Å². The van der Waals surface area contributed by atoms with E-state index in [4.69, 9.17) is 28.3 Å². The molecule has 0 bridgehead atoms. The molecule has 19 heteroatoms. The molecule has 0 amide bonds. The van der Waals surface area contributed by atoms with Gasteiger partial charge >= 0.3 is 27.6 Å². The predicted octanol–water partition coefficient (Wildman–Crippen LogP) is 7.48. The number of carbonyl (C=O) groups is 2. The van der Waals surface area contributed by atoms with Gasteiger partial charge in [0.05, 0.1) is 12.7 Å². The third-order valence-electron chi connectivity index (χ3n) is 10.5. The van der Waals surface area contributed by atoms with E-state index in [2.05, 4.69) is 24.4 Å². The quantitative estimate of drug-likeness (QED) is 0.0129. The summed E-state index contributed by atoms with van der Waals surface area (Å²) in [4.78, 5) is 54.2. The summed E-state index contributed by atoms with van der Waals surface area (Å²) in [6, 6.07) is 0. The van der Waals surface area contributed by atoms with Gasteiger partial charge in [-0.1, -0.05) is 152 Å². The Balaban J connectivity index is 2.65. The molecule has 0 aromatic heterocycles. The third kappa shape index (κ3) is 30.3. The summed E-state index contributed by atoms with van der Waals surface area (Å²) in [5.41, 5.74) is 0. The molecule has 0 aromatic rings. The number of unbranched alkanes of at least 4 members (excludes halogenated alkanes) is 14. The van der Waals surface area contributed by atoms with Crippen LogP contribution in [0.3, 0.4) is 0 Å². The number of phosphoric acid groups is 2. The van der Waals surface area contributed by atoms with Crippen LogP contribution in [0.4, 0.5) is 0 Å². The molecule has 9 atom stereocenters. The Hall–Kier alpha value is -2.08. The monoisotopic (exact) mass is 954 g/mol. The zero-order chi connectivity index (χ0) is 47.6. The molecule has 1 rings (SSSR count). The van der Waals surface area contributed by atoms with E-state index in [1.807, 2.05) is 42.5 Å². The highest BCUT2D eigenvalue weighted by Crippen LogP contribution is 2.49. The SMILES string of the molecule is CCCCCCCCCCCCCCCC(=O)O[C@H](COC(=O)CCC/C=C\C/C=C\C/C=C\C/C=C\[C@@H](O)CCCC)COP(=O)(O)O[C@H]1C(O)C(O)C(O)[C@@H](OP(=O)(O)O)C1O. The second-order valence-corrected chi connectivity index (χ2v) is 18.9. The van der Waals surface area contributed by atoms with Gasteiger partial charge in [-0.2, -0.15) is 0 Å². The zero-order valence-corrected chi connectivity index (χ0v) is 39.9. The van der Waals surface area contributed by atoms with Crippen molar-refractivity contribution in [3.8, 4) is 0 Å². The lowest BCUT2D eigenvalue weighted by molar-refractivity contribution is -0.216. The predicted molar refractivity (Wildman–Crippen MR) is 243 cm³/mol. The maximum Gasteiger partial charge on any atom is 0.472 e. The van der Waals surface area contributed by atoms with Gasteiger partial charge in [0.2, 0.25) is 0 Å². The van der Waals surface area contributed by atoms with E-state index in [-0.39, 0.29) is 18.9 Å². The number of hydrogen-bond acceptors (Lipinski definition) is 14. The van der Waals surface area contributed by atoms with Crippen molar-refractivity contribution in [2.45, 2.75) is 210 Å². The first-order valence-corrected chi connectivity index (χ1v) is 26.3. The summed E-state index contributed by atoms with van der Waals surface area (Å²) >= 11 is 0. The van der Waals surface area contributed by atoms with Crippen LogP contribution in [0, 0.1) is 0 Å². The maximum atomic E-state index is 13.0. The van der Waals surface area contributed by atoms with Crippen molar-refractivity contribution in [2.75, 3.05) is 13.2 Å². The Kier molecular flexibility index (Phi) is 33.7. The highest BCUT2D eigenvalue weighted by Gasteiger charge is 2.54. The maximum absolute atomic E-state index is 13.0. The van der Waals surface area contributed by atoms with Crippen molar-refractivity contribution in [1.29, 1.82) is 0 Å².